The molecule has 1 heterocycles. The predicted molar refractivity (Wildman–Crippen MR) is 83.8 cm³/mol. The van der Waals surface area contributed by atoms with Gasteiger partial charge in [0.15, 0.2) is 0 Å². The van der Waals surface area contributed by atoms with Crippen molar-refractivity contribution in [1.82, 2.24) is 14.7 Å². The summed E-state index contributed by atoms with van der Waals surface area (Å²) in [5, 5.41) is 2.29. The molecule has 0 bridgehead atoms. The lowest BCUT2D eigenvalue weighted by Gasteiger charge is -2.11. The number of nitrogens with one attached hydrogen (secondary N) is 2. The SMILES string of the molecule is COc1ccccc1S(=O)(=O)NC(=O)Nc1nc(C)cc(C)n1. The van der Waals surface area contributed by atoms with E-state index in [1.807, 2.05) is 4.72 Å². The Balaban J connectivity index is 2.18. The predicted octanol–water partition coefficient (Wildman–Crippen LogP) is 1.61. The van der Waals surface area contributed by atoms with Crippen LogP contribution in [0.3, 0.4) is 0 Å². The van der Waals surface area contributed by atoms with E-state index >= 15 is 0 Å². The third-order valence-corrected chi connectivity index (χ3v) is 4.16. The number of hydrogen-bond donors (Lipinski definition) is 2. The summed E-state index contributed by atoms with van der Waals surface area (Å²) >= 11 is 0. The van der Waals surface area contributed by atoms with Crippen LogP contribution in [-0.4, -0.2) is 31.5 Å². The molecule has 9 heteroatoms. The van der Waals surface area contributed by atoms with E-state index in [9.17, 15) is 13.2 Å². The molecule has 1 aromatic heterocycles. The van der Waals surface area contributed by atoms with Crippen LogP contribution in [0, 0.1) is 13.8 Å². The largest absolute Gasteiger partial charge is 0.495 e. The molecule has 0 aliphatic heterocycles. The van der Waals surface area contributed by atoms with E-state index in [0.29, 0.717) is 11.4 Å². The van der Waals surface area contributed by atoms with Crippen molar-refractivity contribution in [3.63, 3.8) is 0 Å². The van der Waals surface area contributed by atoms with Crippen molar-refractivity contribution < 1.29 is 17.9 Å². The quantitative estimate of drug-likeness (QED) is 0.877. The van der Waals surface area contributed by atoms with Crippen molar-refractivity contribution in [2.45, 2.75) is 18.7 Å². The first-order chi connectivity index (χ1) is 10.8. The number of methoxy groups -OCH3 is 1. The highest BCUT2D eigenvalue weighted by Crippen LogP contribution is 2.22. The lowest BCUT2D eigenvalue weighted by molar-refractivity contribution is 0.256. The Bertz CT molecular complexity index is 816. The minimum Gasteiger partial charge on any atom is -0.495 e. The number of benzene rings is 1. The molecule has 2 amide bonds. The van der Waals surface area contributed by atoms with Crippen LogP contribution in [0.1, 0.15) is 11.4 Å². The standard InChI is InChI=1S/C14H16N4O4S/c1-9-8-10(2)16-13(15-9)17-14(19)18-23(20,21)12-7-5-4-6-11(12)22-3/h4-8H,1-3H3,(H2,15,16,17,18,19). The fraction of sp³-hybridized carbons (Fsp3) is 0.214. The van der Waals surface area contributed by atoms with Crippen LogP contribution < -0.4 is 14.8 Å². The first-order valence-electron chi connectivity index (χ1n) is 6.61. The van der Waals surface area contributed by atoms with E-state index in [1.54, 1.807) is 26.0 Å². The molecule has 0 spiro atoms. The van der Waals surface area contributed by atoms with Gasteiger partial charge in [-0.2, -0.15) is 0 Å². The van der Waals surface area contributed by atoms with Crippen molar-refractivity contribution >= 4 is 22.0 Å². The number of urea groups is 1. The van der Waals surface area contributed by atoms with Gasteiger partial charge in [0.05, 0.1) is 7.11 Å². The Kier molecular flexibility index (Phi) is 4.80. The zero-order valence-corrected chi connectivity index (χ0v) is 13.6. The van der Waals surface area contributed by atoms with Gasteiger partial charge in [-0.3, -0.25) is 5.32 Å². The van der Waals surface area contributed by atoms with Gasteiger partial charge in [-0.25, -0.2) is 27.9 Å². The van der Waals surface area contributed by atoms with Crippen LogP contribution in [0.2, 0.25) is 0 Å². The number of aromatic nitrogens is 2. The van der Waals surface area contributed by atoms with Gasteiger partial charge in [-0.1, -0.05) is 12.1 Å². The Morgan fingerprint density at radius 1 is 1.13 bits per heavy atom. The van der Waals surface area contributed by atoms with Crippen LogP contribution in [0.15, 0.2) is 35.2 Å². The molecule has 2 N–H and O–H groups in total. The highest BCUT2D eigenvalue weighted by molar-refractivity contribution is 7.90. The van der Waals surface area contributed by atoms with Crippen LogP contribution in [0.4, 0.5) is 10.7 Å². The minimum absolute atomic E-state index is 0.0234. The van der Waals surface area contributed by atoms with Gasteiger partial charge in [0.25, 0.3) is 10.0 Å². The Morgan fingerprint density at radius 2 is 1.74 bits per heavy atom. The number of hydrogen-bond acceptors (Lipinski definition) is 6. The highest BCUT2D eigenvalue weighted by atomic mass is 32.2. The van der Waals surface area contributed by atoms with Crippen LogP contribution in [0.25, 0.3) is 0 Å². The Morgan fingerprint density at radius 3 is 2.35 bits per heavy atom. The number of anilines is 1. The molecular weight excluding hydrogens is 320 g/mol. The number of aryl methyl sites for hydroxylation is 2. The average molecular weight is 336 g/mol. The first-order valence-corrected chi connectivity index (χ1v) is 8.09. The van der Waals surface area contributed by atoms with E-state index in [1.165, 1.54) is 25.3 Å². The fourth-order valence-electron chi connectivity index (χ4n) is 1.93. The second-order valence-corrected chi connectivity index (χ2v) is 6.34. The molecule has 1 aromatic carbocycles. The number of carbonyl (C=O) groups is 1. The first kappa shape index (κ1) is 16.7. The van der Waals surface area contributed by atoms with E-state index in [2.05, 4.69) is 15.3 Å². The van der Waals surface area contributed by atoms with E-state index < -0.39 is 16.1 Å². The molecule has 8 nitrogen and oxygen atoms in total. The topological polar surface area (TPSA) is 110 Å². The van der Waals surface area contributed by atoms with Crippen molar-refractivity contribution in [1.29, 1.82) is 0 Å². The van der Waals surface area contributed by atoms with E-state index in [0.717, 1.165) is 0 Å². The average Bonchev–Trinajstić information content (AvgIpc) is 2.45. The van der Waals surface area contributed by atoms with Crippen molar-refractivity contribution in [2.24, 2.45) is 0 Å². The zero-order chi connectivity index (χ0) is 17.0. The van der Waals surface area contributed by atoms with Crippen molar-refractivity contribution in [3.05, 3.63) is 41.7 Å². The van der Waals surface area contributed by atoms with E-state index in [-0.39, 0.29) is 16.6 Å². The number of sulfonamides is 1. The minimum atomic E-state index is -4.09. The van der Waals surface area contributed by atoms with Crippen LogP contribution in [0.5, 0.6) is 5.75 Å². The fourth-order valence-corrected chi connectivity index (χ4v) is 3.01. The summed E-state index contributed by atoms with van der Waals surface area (Å²) in [6.07, 6.45) is 0. The molecule has 2 aromatic rings. The number of nitrogens with zero attached hydrogens (tertiary/aromatic N) is 2. The molecule has 0 aliphatic rings. The summed E-state index contributed by atoms with van der Waals surface area (Å²) in [6, 6.07) is 6.75. The maximum atomic E-state index is 12.3. The molecule has 0 saturated heterocycles. The van der Waals surface area contributed by atoms with Crippen LogP contribution in [-0.2, 0) is 10.0 Å². The molecule has 0 radical (unpaired) electrons. The van der Waals surface area contributed by atoms with Crippen molar-refractivity contribution in [2.75, 3.05) is 12.4 Å². The maximum absolute atomic E-state index is 12.3. The van der Waals surface area contributed by atoms with Gasteiger partial charge in [-0.15, -0.1) is 0 Å². The Labute approximate surface area is 134 Å². The lowest BCUT2D eigenvalue weighted by atomic mass is 10.3. The monoisotopic (exact) mass is 336 g/mol. The molecular formula is C14H16N4O4S. The molecule has 0 aliphatic carbocycles. The van der Waals surface area contributed by atoms with Gasteiger partial charge < -0.3 is 4.74 Å². The molecule has 0 fully saturated rings. The van der Waals surface area contributed by atoms with E-state index in [4.69, 9.17) is 4.74 Å². The molecule has 122 valence electrons. The zero-order valence-electron chi connectivity index (χ0n) is 12.8. The number of rotatable bonds is 4. The van der Waals surface area contributed by atoms with Gasteiger partial charge in [-0.05, 0) is 32.0 Å². The van der Waals surface area contributed by atoms with Crippen molar-refractivity contribution in [3.8, 4) is 5.75 Å². The number of carbonyl (C=O) groups excluding carboxylic acids is 1. The van der Waals surface area contributed by atoms with Gasteiger partial charge in [0.2, 0.25) is 5.95 Å². The van der Waals surface area contributed by atoms with Gasteiger partial charge in [0.1, 0.15) is 10.6 Å². The normalized spacial score (nSPS) is 10.9. The number of amides is 2. The smallest absolute Gasteiger partial charge is 0.335 e. The molecule has 2 rings (SSSR count). The van der Waals surface area contributed by atoms with Gasteiger partial charge in [0, 0.05) is 11.4 Å². The summed E-state index contributed by atoms with van der Waals surface area (Å²) in [6.45, 7) is 3.48. The molecule has 0 saturated carbocycles. The highest BCUT2D eigenvalue weighted by Gasteiger charge is 2.22. The summed E-state index contributed by atoms with van der Waals surface area (Å²) in [4.78, 5) is 19.8. The van der Waals surface area contributed by atoms with Crippen LogP contribution >= 0.6 is 0 Å². The summed E-state index contributed by atoms with van der Waals surface area (Å²) < 4.78 is 31.4. The third kappa shape index (κ3) is 4.16. The molecule has 23 heavy (non-hydrogen) atoms. The Hall–Kier alpha value is -2.68. The number of para-hydroxylation sites is 1. The lowest BCUT2D eigenvalue weighted by Crippen LogP contribution is -2.35. The second-order valence-electron chi connectivity index (χ2n) is 4.68. The molecule has 0 atom stereocenters. The van der Waals surface area contributed by atoms with Gasteiger partial charge >= 0.3 is 6.03 Å². The second kappa shape index (κ2) is 6.61. The summed E-state index contributed by atoms with van der Waals surface area (Å²) in [5.41, 5.74) is 1.31. The third-order valence-electron chi connectivity index (χ3n) is 2.79. The molecule has 0 unspecified atom stereocenters. The number of ether oxygens (including phenoxy) is 1. The summed E-state index contributed by atoms with van der Waals surface area (Å²) in [5.74, 6) is 0.158. The summed E-state index contributed by atoms with van der Waals surface area (Å²) in [7, 11) is -2.74. The maximum Gasteiger partial charge on any atom is 0.335 e.